The van der Waals surface area contributed by atoms with Crippen LogP contribution in [0.2, 0.25) is 0 Å². The zero-order valence-corrected chi connectivity index (χ0v) is 11.1. The first-order valence-electron chi connectivity index (χ1n) is 6.61. The Labute approximate surface area is 108 Å². The number of aliphatic hydroxyl groups excluding tert-OH is 1. The monoisotopic (exact) mass is 247 g/mol. The van der Waals surface area contributed by atoms with E-state index in [9.17, 15) is 9.90 Å². The first-order chi connectivity index (χ1) is 8.58. The molecule has 2 unspecified atom stereocenters. The summed E-state index contributed by atoms with van der Waals surface area (Å²) in [5.41, 5.74) is 1.92. The van der Waals surface area contributed by atoms with Crippen LogP contribution in [0.5, 0.6) is 0 Å². The van der Waals surface area contributed by atoms with Gasteiger partial charge in [0, 0.05) is 12.1 Å². The summed E-state index contributed by atoms with van der Waals surface area (Å²) in [5, 5.41) is 9.66. The number of ketones is 1. The predicted molar refractivity (Wildman–Crippen MR) is 71.8 cm³/mol. The van der Waals surface area contributed by atoms with E-state index in [1.807, 2.05) is 38.1 Å². The number of rotatable bonds is 3. The van der Waals surface area contributed by atoms with Crippen molar-refractivity contribution >= 4 is 5.78 Å². The van der Waals surface area contributed by atoms with Crippen molar-refractivity contribution in [1.82, 2.24) is 4.90 Å². The van der Waals surface area contributed by atoms with Crippen LogP contribution in [0, 0.1) is 6.92 Å². The molecule has 1 N–H and O–H groups in total. The molecule has 1 aliphatic heterocycles. The first kappa shape index (κ1) is 13.2. The molecular weight excluding hydrogens is 226 g/mol. The number of nitrogens with zero attached hydrogens (tertiary/aromatic N) is 1. The van der Waals surface area contributed by atoms with E-state index in [0.717, 1.165) is 30.5 Å². The number of β-amino-alcohol motifs (C(OH)–C–C–N with tert-alkyl or cyclic N) is 1. The van der Waals surface area contributed by atoms with Crippen LogP contribution < -0.4 is 0 Å². The summed E-state index contributed by atoms with van der Waals surface area (Å²) < 4.78 is 0. The average molecular weight is 247 g/mol. The fraction of sp³-hybridized carbons (Fsp3) is 0.533. The van der Waals surface area contributed by atoms with Gasteiger partial charge in [-0.05, 0) is 33.2 Å². The van der Waals surface area contributed by atoms with Gasteiger partial charge in [0.25, 0.3) is 0 Å². The molecule has 0 spiro atoms. The van der Waals surface area contributed by atoms with E-state index in [2.05, 4.69) is 4.90 Å². The lowest BCUT2D eigenvalue weighted by atomic mass is 10.00. The largest absolute Gasteiger partial charge is 0.392 e. The van der Waals surface area contributed by atoms with Gasteiger partial charge < -0.3 is 5.11 Å². The third-order valence-electron chi connectivity index (χ3n) is 3.69. The molecule has 1 aromatic rings. The second-order valence-corrected chi connectivity index (χ2v) is 5.20. The minimum Gasteiger partial charge on any atom is -0.392 e. The highest BCUT2D eigenvalue weighted by molar-refractivity contribution is 5.99. The van der Waals surface area contributed by atoms with E-state index in [1.54, 1.807) is 0 Å². The summed E-state index contributed by atoms with van der Waals surface area (Å²) in [6.07, 6.45) is 1.53. The SMILES string of the molecule is Cc1ccc(C(=O)C(C)N2CCCC(O)C2)cc1. The Hall–Kier alpha value is -1.19. The number of aryl methyl sites for hydroxylation is 1. The van der Waals surface area contributed by atoms with Crippen molar-refractivity contribution in [2.75, 3.05) is 13.1 Å². The van der Waals surface area contributed by atoms with E-state index < -0.39 is 0 Å². The van der Waals surface area contributed by atoms with Gasteiger partial charge in [-0.25, -0.2) is 0 Å². The van der Waals surface area contributed by atoms with Gasteiger partial charge in [0.15, 0.2) is 5.78 Å². The number of piperidine rings is 1. The third-order valence-corrected chi connectivity index (χ3v) is 3.69. The zero-order valence-electron chi connectivity index (χ0n) is 11.1. The van der Waals surface area contributed by atoms with Crippen LogP contribution in [0.15, 0.2) is 24.3 Å². The number of carbonyl (C=O) groups excluding carboxylic acids is 1. The van der Waals surface area contributed by atoms with Crippen molar-refractivity contribution in [3.63, 3.8) is 0 Å². The average Bonchev–Trinajstić information content (AvgIpc) is 2.38. The van der Waals surface area contributed by atoms with Gasteiger partial charge in [-0.1, -0.05) is 29.8 Å². The number of hydrogen-bond acceptors (Lipinski definition) is 3. The van der Waals surface area contributed by atoms with Crippen LogP contribution in [-0.2, 0) is 0 Å². The number of benzene rings is 1. The second kappa shape index (κ2) is 5.63. The summed E-state index contributed by atoms with van der Waals surface area (Å²) in [5.74, 6) is 0.143. The molecule has 0 saturated carbocycles. The standard InChI is InChI=1S/C15H21NO2/c1-11-5-7-13(8-6-11)15(18)12(2)16-9-3-4-14(17)10-16/h5-8,12,14,17H,3-4,9-10H2,1-2H3. The maximum atomic E-state index is 12.3. The highest BCUT2D eigenvalue weighted by Gasteiger charge is 2.26. The zero-order chi connectivity index (χ0) is 13.1. The van der Waals surface area contributed by atoms with Gasteiger partial charge in [-0.2, -0.15) is 0 Å². The first-order valence-corrected chi connectivity index (χ1v) is 6.61. The molecule has 1 fully saturated rings. The van der Waals surface area contributed by atoms with Crippen molar-refractivity contribution in [2.45, 2.75) is 38.8 Å². The van der Waals surface area contributed by atoms with Crippen LogP contribution in [0.25, 0.3) is 0 Å². The Morgan fingerprint density at radius 1 is 1.39 bits per heavy atom. The molecular formula is C15H21NO2. The van der Waals surface area contributed by atoms with Crippen molar-refractivity contribution in [2.24, 2.45) is 0 Å². The molecule has 1 heterocycles. The maximum Gasteiger partial charge on any atom is 0.179 e. The summed E-state index contributed by atoms with van der Waals surface area (Å²) in [4.78, 5) is 14.4. The molecule has 98 valence electrons. The van der Waals surface area contributed by atoms with Crippen LogP contribution >= 0.6 is 0 Å². The minimum absolute atomic E-state index is 0.143. The number of aliphatic hydroxyl groups is 1. The fourth-order valence-corrected chi connectivity index (χ4v) is 2.46. The van der Waals surface area contributed by atoms with Gasteiger partial charge in [0.2, 0.25) is 0 Å². The molecule has 0 bridgehead atoms. The van der Waals surface area contributed by atoms with E-state index in [0.29, 0.717) is 6.54 Å². The van der Waals surface area contributed by atoms with Gasteiger partial charge in [-0.15, -0.1) is 0 Å². The summed E-state index contributed by atoms with van der Waals surface area (Å²) in [7, 11) is 0. The smallest absolute Gasteiger partial charge is 0.179 e. The highest BCUT2D eigenvalue weighted by Crippen LogP contribution is 2.16. The van der Waals surface area contributed by atoms with Crippen molar-refractivity contribution in [3.05, 3.63) is 35.4 Å². The Balaban J connectivity index is 2.06. The molecule has 2 rings (SSSR count). The maximum absolute atomic E-state index is 12.3. The molecule has 0 amide bonds. The number of hydrogen-bond donors (Lipinski definition) is 1. The van der Waals surface area contributed by atoms with Crippen LogP contribution in [0.4, 0.5) is 0 Å². The second-order valence-electron chi connectivity index (χ2n) is 5.20. The van der Waals surface area contributed by atoms with E-state index >= 15 is 0 Å². The lowest BCUT2D eigenvalue weighted by Crippen LogP contribution is -2.46. The summed E-state index contributed by atoms with van der Waals surface area (Å²) in [6.45, 7) is 5.45. The Morgan fingerprint density at radius 2 is 2.06 bits per heavy atom. The van der Waals surface area contributed by atoms with E-state index in [4.69, 9.17) is 0 Å². The van der Waals surface area contributed by atoms with E-state index in [1.165, 1.54) is 0 Å². The topological polar surface area (TPSA) is 40.5 Å². The molecule has 3 nitrogen and oxygen atoms in total. The molecule has 3 heteroatoms. The van der Waals surface area contributed by atoms with Crippen molar-refractivity contribution < 1.29 is 9.90 Å². The molecule has 0 aliphatic carbocycles. The predicted octanol–water partition coefficient (Wildman–Crippen LogP) is 2.02. The molecule has 0 radical (unpaired) electrons. The lowest BCUT2D eigenvalue weighted by Gasteiger charge is -2.34. The van der Waals surface area contributed by atoms with Crippen LogP contribution in [0.3, 0.4) is 0 Å². The summed E-state index contributed by atoms with van der Waals surface area (Å²) in [6, 6.07) is 7.54. The van der Waals surface area contributed by atoms with Gasteiger partial charge >= 0.3 is 0 Å². The van der Waals surface area contributed by atoms with Crippen LogP contribution in [0.1, 0.15) is 35.7 Å². The molecule has 18 heavy (non-hydrogen) atoms. The fourth-order valence-electron chi connectivity index (χ4n) is 2.46. The van der Waals surface area contributed by atoms with Crippen LogP contribution in [-0.4, -0.2) is 41.0 Å². The molecule has 1 aliphatic rings. The van der Waals surface area contributed by atoms with Gasteiger partial charge in [-0.3, -0.25) is 9.69 Å². The molecule has 1 saturated heterocycles. The molecule has 2 atom stereocenters. The lowest BCUT2D eigenvalue weighted by molar-refractivity contribution is 0.0454. The van der Waals surface area contributed by atoms with Gasteiger partial charge in [0.1, 0.15) is 0 Å². The number of carbonyl (C=O) groups is 1. The minimum atomic E-state index is -0.285. The number of Topliss-reactive ketones (excluding diaryl/α,β-unsaturated/α-hetero) is 1. The quantitative estimate of drug-likeness (QED) is 0.831. The Kier molecular flexibility index (Phi) is 4.15. The van der Waals surface area contributed by atoms with Gasteiger partial charge in [0.05, 0.1) is 12.1 Å². The van der Waals surface area contributed by atoms with Crippen molar-refractivity contribution in [1.29, 1.82) is 0 Å². The number of likely N-dealkylation sites (tertiary alicyclic amines) is 1. The summed E-state index contributed by atoms with van der Waals surface area (Å²) >= 11 is 0. The third kappa shape index (κ3) is 2.98. The van der Waals surface area contributed by atoms with E-state index in [-0.39, 0.29) is 17.9 Å². The highest BCUT2D eigenvalue weighted by atomic mass is 16.3. The molecule has 1 aromatic carbocycles. The van der Waals surface area contributed by atoms with Crippen molar-refractivity contribution in [3.8, 4) is 0 Å². The normalized spacial score (nSPS) is 22.7. The Bertz CT molecular complexity index is 413. The molecule has 0 aromatic heterocycles. The Morgan fingerprint density at radius 3 is 2.67 bits per heavy atom.